The van der Waals surface area contributed by atoms with E-state index in [9.17, 15) is 24.0 Å². The Morgan fingerprint density at radius 3 is 2.06 bits per heavy atom. The maximum atomic E-state index is 10.7. The van der Waals surface area contributed by atoms with Crippen molar-refractivity contribution in [2.24, 2.45) is 0 Å². The van der Waals surface area contributed by atoms with Crippen molar-refractivity contribution in [3.8, 4) is 0 Å². The van der Waals surface area contributed by atoms with Gasteiger partial charge in [0.15, 0.2) is 6.04 Å². The summed E-state index contributed by atoms with van der Waals surface area (Å²) in [6.07, 6.45) is 0. The van der Waals surface area contributed by atoms with Crippen molar-refractivity contribution >= 4 is 29.6 Å². The first-order valence-corrected chi connectivity index (χ1v) is 4.20. The van der Waals surface area contributed by atoms with Gasteiger partial charge in [0.05, 0.1) is 0 Å². The molecule has 0 saturated heterocycles. The van der Waals surface area contributed by atoms with Crippen LogP contribution in [0, 0.1) is 0 Å². The first-order valence-electron chi connectivity index (χ1n) is 4.20. The maximum absolute atomic E-state index is 10.7. The van der Waals surface area contributed by atoms with Gasteiger partial charge in [0, 0.05) is 6.92 Å². The Labute approximate surface area is 94.4 Å². The molecule has 0 aromatic carbocycles. The zero-order valence-electron chi connectivity index (χ0n) is 8.63. The molecular weight excluding hydrogens is 238 g/mol. The van der Waals surface area contributed by atoms with Crippen LogP contribution in [0.15, 0.2) is 0 Å². The lowest BCUT2D eigenvalue weighted by atomic mass is 10.3. The van der Waals surface area contributed by atoms with Crippen LogP contribution < -0.4 is 5.32 Å². The van der Waals surface area contributed by atoms with E-state index in [1.807, 2.05) is 0 Å². The van der Waals surface area contributed by atoms with Crippen LogP contribution in [-0.2, 0) is 28.7 Å². The van der Waals surface area contributed by atoms with Gasteiger partial charge in [-0.3, -0.25) is 9.59 Å². The Balaban J connectivity index is 4.41. The molecule has 0 unspecified atom stereocenters. The van der Waals surface area contributed by atoms with Gasteiger partial charge in [-0.1, -0.05) is 0 Å². The van der Waals surface area contributed by atoms with Crippen molar-refractivity contribution in [1.82, 2.24) is 5.32 Å². The summed E-state index contributed by atoms with van der Waals surface area (Å²) in [4.78, 5) is 52.5. The van der Waals surface area contributed by atoms with E-state index in [0.29, 0.717) is 0 Å². The fraction of sp³-hybridized carbons (Fsp3) is 0.375. The first-order chi connectivity index (χ1) is 7.75. The number of Topliss-reactive ketones (excluding diaryl/α,β-unsaturated/α-hetero) is 1. The highest BCUT2D eigenvalue weighted by Crippen LogP contribution is 1.90. The quantitative estimate of drug-likeness (QED) is 0.365. The lowest BCUT2D eigenvalue weighted by molar-refractivity contribution is -0.157. The SMILES string of the molecule is CC(=O)C(=O)OC[C@H](NC(=O)C(=O)O)C(=O)O. The lowest BCUT2D eigenvalue weighted by Gasteiger charge is -2.12. The smallest absolute Gasteiger partial charge is 0.394 e. The maximum Gasteiger partial charge on any atom is 0.394 e. The number of ether oxygens (including phenoxy) is 1. The molecule has 0 rings (SSSR count). The number of amides is 1. The van der Waals surface area contributed by atoms with Crippen LogP contribution >= 0.6 is 0 Å². The summed E-state index contributed by atoms with van der Waals surface area (Å²) in [5.74, 6) is -7.26. The third-order valence-electron chi connectivity index (χ3n) is 1.47. The van der Waals surface area contributed by atoms with Gasteiger partial charge in [-0.15, -0.1) is 0 Å². The third kappa shape index (κ3) is 5.25. The largest absolute Gasteiger partial charge is 0.480 e. The van der Waals surface area contributed by atoms with Crippen molar-refractivity contribution in [2.45, 2.75) is 13.0 Å². The van der Waals surface area contributed by atoms with Crippen molar-refractivity contribution in [1.29, 1.82) is 0 Å². The Hall–Kier alpha value is -2.45. The second-order valence-corrected chi connectivity index (χ2v) is 2.82. The van der Waals surface area contributed by atoms with Crippen molar-refractivity contribution < 1.29 is 38.9 Å². The number of hydrogen-bond donors (Lipinski definition) is 3. The van der Waals surface area contributed by atoms with Crippen LogP contribution in [-0.4, -0.2) is 52.5 Å². The van der Waals surface area contributed by atoms with E-state index in [4.69, 9.17) is 10.2 Å². The fourth-order valence-corrected chi connectivity index (χ4v) is 0.655. The van der Waals surface area contributed by atoms with E-state index in [0.717, 1.165) is 6.92 Å². The van der Waals surface area contributed by atoms with Crippen molar-refractivity contribution in [3.63, 3.8) is 0 Å². The number of carboxylic acids is 2. The molecule has 9 nitrogen and oxygen atoms in total. The average molecular weight is 247 g/mol. The number of carbonyl (C=O) groups excluding carboxylic acids is 3. The van der Waals surface area contributed by atoms with Crippen LogP contribution in [0.1, 0.15) is 6.92 Å². The Morgan fingerprint density at radius 2 is 1.71 bits per heavy atom. The van der Waals surface area contributed by atoms with Gasteiger partial charge in [0.25, 0.3) is 0 Å². The minimum absolute atomic E-state index is 0.841. The Morgan fingerprint density at radius 1 is 1.18 bits per heavy atom. The zero-order valence-corrected chi connectivity index (χ0v) is 8.63. The molecule has 0 heterocycles. The summed E-state index contributed by atoms with van der Waals surface area (Å²) in [6, 6.07) is -1.73. The summed E-state index contributed by atoms with van der Waals surface area (Å²) in [6.45, 7) is 0.0701. The standard InChI is InChI=1S/C8H9NO8/c1-3(10)8(16)17-2-4(6(12)13)9-5(11)7(14)15/h4H,2H2,1H3,(H,9,11)(H,12,13)(H,14,15)/t4-/m0/s1. The number of hydrogen-bond acceptors (Lipinski definition) is 6. The highest BCUT2D eigenvalue weighted by molar-refractivity contribution is 6.32. The van der Waals surface area contributed by atoms with Crippen molar-refractivity contribution in [3.05, 3.63) is 0 Å². The molecule has 0 aliphatic carbocycles. The van der Waals surface area contributed by atoms with E-state index in [1.165, 1.54) is 0 Å². The predicted octanol–water partition coefficient (Wildman–Crippen LogP) is -2.23. The number of ketones is 1. The molecular formula is C8H9NO8. The van der Waals surface area contributed by atoms with Gasteiger partial charge < -0.3 is 20.3 Å². The number of carboxylic acid groups (broad SMARTS) is 2. The molecule has 9 heteroatoms. The molecule has 0 spiro atoms. The number of aliphatic carboxylic acids is 2. The second-order valence-electron chi connectivity index (χ2n) is 2.82. The molecule has 0 saturated carbocycles. The minimum atomic E-state index is -1.88. The minimum Gasteiger partial charge on any atom is -0.480 e. The summed E-state index contributed by atoms with van der Waals surface area (Å²) < 4.78 is 4.23. The highest BCUT2D eigenvalue weighted by Gasteiger charge is 2.25. The van der Waals surface area contributed by atoms with Gasteiger partial charge in [0.2, 0.25) is 5.78 Å². The average Bonchev–Trinajstić information content (AvgIpc) is 2.22. The first kappa shape index (κ1) is 14.6. The van der Waals surface area contributed by atoms with Gasteiger partial charge in [-0.25, -0.2) is 14.4 Å². The van der Waals surface area contributed by atoms with Crippen LogP contribution in [0.4, 0.5) is 0 Å². The van der Waals surface area contributed by atoms with E-state index in [-0.39, 0.29) is 0 Å². The van der Waals surface area contributed by atoms with E-state index in [1.54, 1.807) is 5.32 Å². The Kier molecular flexibility index (Phi) is 5.31. The summed E-state index contributed by atoms with van der Waals surface area (Å²) in [5, 5.41) is 18.4. The zero-order chi connectivity index (χ0) is 13.6. The molecule has 0 aromatic heterocycles. The van der Waals surface area contributed by atoms with Crippen molar-refractivity contribution in [2.75, 3.05) is 6.61 Å². The Bertz CT molecular complexity index is 374. The molecule has 0 bridgehead atoms. The van der Waals surface area contributed by atoms with Gasteiger partial charge in [-0.2, -0.15) is 0 Å². The molecule has 3 N–H and O–H groups in total. The van der Waals surface area contributed by atoms with Crippen LogP contribution in [0.25, 0.3) is 0 Å². The molecule has 1 atom stereocenters. The summed E-state index contributed by atoms with van der Waals surface area (Å²) >= 11 is 0. The predicted molar refractivity (Wildman–Crippen MR) is 48.8 cm³/mol. The monoisotopic (exact) mass is 247 g/mol. The van der Waals surface area contributed by atoms with Crippen LogP contribution in [0.5, 0.6) is 0 Å². The van der Waals surface area contributed by atoms with E-state index < -0.39 is 42.2 Å². The number of carbonyl (C=O) groups is 5. The topological polar surface area (TPSA) is 147 Å². The summed E-state index contributed by atoms with van der Waals surface area (Å²) in [7, 11) is 0. The molecule has 0 aromatic rings. The third-order valence-corrected chi connectivity index (χ3v) is 1.47. The van der Waals surface area contributed by atoms with Crippen LogP contribution in [0.2, 0.25) is 0 Å². The normalized spacial score (nSPS) is 11.1. The van der Waals surface area contributed by atoms with Crippen LogP contribution in [0.3, 0.4) is 0 Å². The number of esters is 1. The van der Waals surface area contributed by atoms with Gasteiger partial charge in [0.1, 0.15) is 6.61 Å². The van der Waals surface area contributed by atoms with Gasteiger partial charge >= 0.3 is 23.8 Å². The number of nitrogens with one attached hydrogen (secondary N) is 1. The molecule has 0 aliphatic rings. The van der Waals surface area contributed by atoms with Gasteiger partial charge in [-0.05, 0) is 0 Å². The molecule has 0 fully saturated rings. The molecule has 94 valence electrons. The molecule has 1 amide bonds. The molecule has 17 heavy (non-hydrogen) atoms. The van der Waals surface area contributed by atoms with E-state index in [2.05, 4.69) is 4.74 Å². The number of rotatable bonds is 5. The summed E-state index contributed by atoms with van der Waals surface area (Å²) in [5.41, 5.74) is 0. The highest BCUT2D eigenvalue weighted by atomic mass is 16.5. The molecule has 0 aliphatic heterocycles. The molecule has 0 radical (unpaired) electrons. The second kappa shape index (κ2) is 6.20. The fourth-order valence-electron chi connectivity index (χ4n) is 0.655. The lowest BCUT2D eigenvalue weighted by Crippen LogP contribution is -2.47. The van der Waals surface area contributed by atoms with E-state index >= 15 is 0 Å².